The molecular weight excluding hydrogens is 247 g/mol. The molecule has 0 spiro atoms. The smallest absolute Gasteiger partial charge is 0.166 e. The van der Waals surface area contributed by atoms with Crippen molar-refractivity contribution in [1.82, 2.24) is 4.98 Å². The summed E-state index contributed by atoms with van der Waals surface area (Å²) in [7, 11) is 1.85. The van der Waals surface area contributed by atoms with Crippen LogP contribution in [0.5, 0.6) is 0 Å². The first-order chi connectivity index (χ1) is 6.50. The average molecular weight is 261 g/mol. The fourth-order valence-corrected chi connectivity index (χ4v) is 1.63. The maximum absolute atomic E-state index is 13.4. The van der Waals surface area contributed by atoms with E-state index in [1.54, 1.807) is 6.20 Å². The predicted molar refractivity (Wildman–Crippen MR) is 60.0 cm³/mol. The fraction of sp³-hybridized carbons (Fsp3) is 0.500. The minimum Gasteiger partial charge on any atom is -0.357 e. The Balaban J connectivity index is 2.84. The normalized spacial score (nSPS) is 10.7. The topological polar surface area (TPSA) is 16.1 Å². The Hall–Kier alpha value is -0.640. The van der Waals surface area contributed by atoms with E-state index in [0.29, 0.717) is 16.2 Å². The minimum absolute atomic E-state index is 0.289. The van der Waals surface area contributed by atoms with Crippen LogP contribution in [-0.4, -0.2) is 18.6 Å². The van der Waals surface area contributed by atoms with Gasteiger partial charge in [-0.1, -0.05) is 13.8 Å². The van der Waals surface area contributed by atoms with Gasteiger partial charge in [-0.05, 0) is 27.9 Å². The Morgan fingerprint density at radius 3 is 2.71 bits per heavy atom. The molecule has 0 aromatic carbocycles. The van der Waals surface area contributed by atoms with Crippen LogP contribution < -0.4 is 4.90 Å². The molecule has 2 nitrogen and oxygen atoms in total. The lowest BCUT2D eigenvalue weighted by Gasteiger charge is -2.20. The lowest BCUT2D eigenvalue weighted by Crippen LogP contribution is -2.24. The van der Waals surface area contributed by atoms with Crippen molar-refractivity contribution in [3.8, 4) is 0 Å². The van der Waals surface area contributed by atoms with Crippen LogP contribution in [0.3, 0.4) is 0 Å². The summed E-state index contributed by atoms with van der Waals surface area (Å²) in [5, 5.41) is 0. The van der Waals surface area contributed by atoms with E-state index in [4.69, 9.17) is 0 Å². The summed E-state index contributed by atoms with van der Waals surface area (Å²) in [4.78, 5) is 5.86. The summed E-state index contributed by atoms with van der Waals surface area (Å²) in [5.41, 5.74) is 0. The van der Waals surface area contributed by atoms with Crippen molar-refractivity contribution in [3.63, 3.8) is 0 Å². The van der Waals surface area contributed by atoms with E-state index in [0.717, 1.165) is 6.54 Å². The Morgan fingerprint density at radius 1 is 1.57 bits per heavy atom. The molecule has 0 amide bonds. The number of pyridine rings is 1. The molecule has 1 heterocycles. The molecule has 1 rings (SSSR count). The lowest BCUT2D eigenvalue weighted by molar-refractivity contribution is 0.590. The van der Waals surface area contributed by atoms with Crippen LogP contribution in [0.4, 0.5) is 10.2 Å². The number of rotatable bonds is 3. The van der Waals surface area contributed by atoms with Crippen LogP contribution in [0.25, 0.3) is 0 Å². The molecule has 1 aromatic rings. The molecule has 0 atom stereocenters. The van der Waals surface area contributed by atoms with E-state index in [1.165, 1.54) is 6.07 Å². The zero-order valence-electron chi connectivity index (χ0n) is 8.59. The van der Waals surface area contributed by atoms with Crippen LogP contribution in [0.2, 0.25) is 0 Å². The SMILES string of the molecule is CC(C)CN(C)c1ncc(Br)cc1F. The summed E-state index contributed by atoms with van der Waals surface area (Å²) in [6, 6.07) is 1.43. The number of aromatic nitrogens is 1. The van der Waals surface area contributed by atoms with Crippen LogP contribution in [0.1, 0.15) is 13.8 Å². The Kier molecular flexibility index (Phi) is 3.86. The number of hydrogen-bond donors (Lipinski definition) is 0. The van der Waals surface area contributed by atoms with Crippen LogP contribution in [0.15, 0.2) is 16.7 Å². The summed E-state index contributed by atoms with van der Waals surface area (Å²) in [5.74, 6) is 0.606. The van der Waals surface area contributed by atoms with Gasteiger partial charge in [-0.3, -0.25) is 0 Å². The summed E-state index contributed by atoms with van der Waals surface area (Å²) < 4.78 is 14.1. The summed E-state index contributed by atoms with van der Waals surface area (Å²) in [6.07, 6.45) is 1.61. The number of nitrogens with zero attached hydrogens (tertiary/aromatic N) is 2. The van der Waals surface area contributed by atoms with Gasteiger partial charge in [0.15, 0.2) is 11.6 Å². The largest absolute Gasteiger partial charge is 0.357 e. The zero-order chi connectivity index (χ0) is 10.7. The van der Waals surface area contributed by atoms with E-state index >= 15 is 0 Å². The van der Waals surface area contributed by atoms with Crippen LogP contribution >= 0.6 is 15.9 Å². The van der Waals surface area contributed by atoms with Crippen molar-refractivity contribution in [2.75, 3.05) is 18.5 Å². The van der Waals surface area contributed by atoms with Gasteiger partial charge in [0, 0.05) is 24.3 Å². The molecule has 0 aliphatic rings. The number of anilines is 1. The van der Waals surface area contributed by atoms with Crippen molar-refractivity contribution in [2.45, 2.75) is 13.8 Å². The standard InChI is InChI=1S/C10H14BrFN2/c1-7(2)6-14(3)10-9(12)4-8(11)5-13-10/h4-5,7H,6H2,1-3H3. The van der Waals surface area contributed by atoms with Crippen LogP contribution in [-0.2, 0) is 0 Å². The highest BCUT2D eigenvalue weighted by Gasteiger charge is 2.10. The average Bonchev–Trinajstić information content (AvgIpc) is 2.01. The highest BCUT2D eigenvalue weighted by atomic mass is 79.9. The second-order valence-electron chi connectivity index (χ2n) is 3.73. The first-order valence-corrected chi connectivity index (χ1v) is 5.32. The molecule has 0 fully saturated rings. The van der Waals surface area contributed by atoms with Gasteiger partial charge in [0.05, 0.1) is 0 Å². The molecule has 0 aliphatic carbocycles. The van der Waals surface area contributed by atoms with Gasteiger partial charge in [0.2, 0.25) is 0 Å². The summed E-state index contributed by atoms with van der Waals surface area (Å²) in [6.45, 7) is 4.98. The van der Waals surface area contributed by atoms with Gasteiger partial charge in [-0.2, -0.15) is 0 Å². The number of halogens is 2. The van der Waals surface area contributed by atoms with Crippen LogP contribution in [0, 0.1) is 11.7 Å². The highest BCUT2D eigenvalue weighted by Crippen LogP contribution is 2.19. The Morgan fingerprint density at radius 2 is 2.21 bits per heavy atom. The van der Waals surface area contributed by atoms with Crippen molar-refractivity contribution < 1.29 is 4.39 Å². The number of hydrogen-bond acceptors (Lipinski definition) is 2. The van der Waals surface area contributed by atoms with Gasteiger partial charge >= 0.3 is 0 Å². The van der Waals surface area contributed by atoms with Gasteiger partial charge in [0.1, 0.15) is 0 Å². The second kappa shape index (κ2) is 4.73. The third-order valence-corrected chi connectivity index (χ3v) is 2.22. The zero-order valence-corrected chi connectivity index (χ0v) is 10.2. The monoisotopic (exact) mass is 260 g/mol. The van der Waals surface area contributed by atoms with Crippen molar-refractivity contribution >= 4 is 21.7 Å². The molecule has 0 unspecified atom stereocenters. The third kappa shape index (κ3) is 2.94. The fourth-order valence-electron chi connectivity index (χ4n) is 1.32. The molecule has 0 bridgehead atoms. The molecule has 1 aromatic heterocycles. The van der Waals surface area contributed by atoms with E-state index in [-0.39, 0.29) is 5.82 Å². The first-order valence-electron chi connectivity index (χ1n) is 4.53. The maximum Gasteiger partial charge on any atom is 0.166 e. The van der Waals surface area contributed by atoms with Crippen molar-refractivity contribution in [1.29, 1.82) is 0 Å². The molecule has 4 heteroatoms. The van der Waals surface area contributed by atoms with Gasteiger partial charge < -0.3 is 4.90 Å². The highest BCUT2D eigenvalue weighted by molar-refractivity contribution is 9.10. The molecule has 78 valence electrons. The van der Waals surface area contributed by atoms with Gasteiger partial charge in [-0.15, -0.1) is 0 Å². The molecule has 0 N–H and O–H groups in total. The Labute approximate surface area is 92.3 Å². The van der Waals surface area contributed by atoms with E-state index in [2.05, 4.69) is 34.8 Å². The predicted octanol–water partition coefficient (Wildman–Crippen LogP) is 3.08. The van der Waals surface area contributed by atoms with Gasteiger partial charge in [0.25, 0.3) is 0 Å². The molecular formula is C10H14BrFN2. The summed E-state index contributed by atoms with van der Waals surface area (Å²) >= 11 is 3.18. The van der Waals surface area contributed by atoms with E-state index in [9.17, 15) is 4.39 Å². The quantitative estimate of drug-likeness (QED) is 0.831. The molecule has 0 saturated carbocycles. The molecule has 0 saturated heterocycles. The van der Waals surface area contributed by atoms with Crippen molar-refractivity contribution in [2.24, 2.45) is 5.92 Å². The molecule has 14 heavy (non-hydrogen) atoms. The van der Waals surface area contributed by atoms with E-state index in [1.807, 2.05) is 11.9 Å². The first kappa shape index (κ1) is 11.4. The molecule has 0 radical (unpaired) electrons. The Bertz CT molecular complexity index is 315. The van der Waals surface area contributed by atoms with Gasteiger partial charge in [-0.25, -0.2) is 9.37 Å². The molecule has 0 aliphatic heterocycles. The second-order valence-corrected chi connectivity index (χ2v) is 4.65. The minimum atomic E-state index is -0.289. The van der Waals surface area contributed by atoms with Crippen molar-refractivity contribution in [3.05, 3.63) is 22.6 Å². The third-order valence-electron chi connectivity index (χ3n) is 1.79. The maximum atomic E-state index is 13.4. The lowest BCUT2D eigenvalue weighted by atomic mass is 10.2. The van der Waals surface area contributed by atoms with E-state index < -0.39 is 0 Å².